The zero-order valence-corrected chi connectivity index (χ0v) is 11.7. The number of aromatic nitrogens is 2. The van der Waals surface area contributed by atoms with Crippen LogP contribution < -0.4 is 10.6 Å². The summed E-state index contributed by atoms with van der Waals surface area (Å²) in [4.78, 5) is 15.7. The molecule has 0 aliphatic carbocycles. The number of aryl methyl sites for hydroxylation is 1. The standard InChI is InChI=1S/C14H18N4O3/c1-10-16-13(21-18-10)8-15-14(20)17-12(9-19)7-11-5-3-2-4-6-11/h2-6,12,19H,7-9H2,1H3,(H2,15,17,20)/t12-/m0/s1. The van der Waals surface area contributed by atoms with Crippen molar-refractivity contribution in [2.75, 3.05) is 6.61 Å². The fourth-order valence-corrected chi connectivity index (χ4v) is 1.86. The van der Waals surface area contributed by atoms with E-state index in [2.05, 4.69) is 20.8 Å². The van der Waals surface area contributed by atoms with Crippen molar-refractivity contribution in [2.24, 2.45) is 0 Å². The summed E-state index contributed by atoms with van der Waals surface area (Å²) in [6.45, 7) is 1.72. The minimum atomic E-state index is -0.388. The van der Waals surface area contributed by atoms with Gasteiger partial charge in [0.15, 0.2) is 5.82 Å². The van der Waals surface area contributed by atoms with Gasteiger partial charge in [-0.3, -0.25) is 0 Å². The van der Waals surface area contributed by atoms with Gasteiger partial charge in [-0.15, -0.1) is 0 Å². The van der Waals surface area contributed by atoms with Crippen LogP contribution >= 0.6 is 0 Å². The van der Waals surface area contributed by atoms with E-state index in [1.807, 2.05) is 30.3 Å². The van der Waals surface area contributed by atoms with E-state index in [1.54, 1.807) is 6.92 Å². The first-order valence-electron chi connectivity index (χ1n) is 6.65. The summed E-state index contributed by atoms with van der Waals surface area (Å²) in [6.07, 6.45) is 0.560. The summed E-state index contributed by atoms with van der Waals surface area (Å²) in [7, 11) is 0. The molecule has 0 fully saturated rings. The smallest absolute Gasteiger partial charge is 0.315 e. The van der Waals surface area contributed by atoms with Crippen molar-refractivity contribution in [2.45, 2.75) is 25.9 Å². The second-order valence-electron chi connectivity index (χ2n) is 4.63. The molecule has 1 heterocycles. The van der Waals surface area contributed by atoms with Crippen LogP contribution in [0.25, 0.3) is 0 Å². The van der Waals surface area contributed by atoms with Gasteiger partial charge in [-0.2, -0.15) is 4.98 Å². The van der Waals surface area contributed by atoms with Crippen LogP contribution in [-0.4, -0.2) is 33.9 Å². The Morgan fingerprint density at radius 1 is 1.38 bits per heavy atom. The molecule has 2 aromatic rings. The van der Waals surface area contributed by atoms with E-state index in [9.17, 15) is 9.90 Å². The number of amides is 2. The number of rotatable bonds is 6. The van der Waals surface area contributed by atoms with Crippen molar-refractivity contribution >= 4 is 6.03 Å². The highest BCUT2D eigenvalue weighted by Crippen LogP contribution is 2.03. The van der Waals surface area contributed by atoms with E-state index in [4.69, 9.17) is 4.52 Å². The van der Waals surface area contributed by atoms with Gasteiger partial charge < -0.3 is 20.3 Å². The molecule has 2 rings (SSSR count). The first-order chi connectivity index (χ1) is 10.2. The highest BCUT2D eigenvalue weighted by Gasteiger charge is 2.12. The molecule has 1 aromatic carbocycles. The second kappa shape index (κ2) is 7.39. The van der Waals surface area contributed by atoms with E-state index >= 15 is 0 Å². The lowest BCUT2D eigenvalue weighted by Crippen LogP contribution is -2.44. The Morgan fingerprint density at radius 3 is 2.76 bits per heavy atom. The van der Waals surface area contributed by atoms with Gasteiger partial charge in [-0.05, 0) is 18.9 Å². The number of carbonyl (C=O) groups is 1. The van der Waals surface area contributed by atoms with Crippen LogP contribution in [0, 0.1) is 6.92 Å². The summed E-state index contributed by atoms with van der Waals surface area (Å²) in [5, 5.41) is 18.3. The van der Waals surface area contributed by atoms with Crippen LogP contribution in [0.15, 0.2) is 34.9 Å². The number of carbonyl (C=O) groups excluding carboxylic acids is 1. The highest BCUT2D eigenvalue weighted by molar-refractivity contribution is 5.74. The molecular formula is C14H18N4O3. The normalized spacial score (nSPS) is 11.9. The molecule has 0 aliphatic heterocycles. The third kappa shape index (κ3) is 4.88. The molecular weight excluding hydrogens is 272 g/mol. The number of nitrogens with zero attached hydrogens (tertiary/aromatic N) is 2. The largest absolute Gasteiger partial charge is 0.394 e. The van der Waals surface area contributed by atoms with Crippen molar-refractivity contribution in [3.05, 3.63) is 47.6 Å². The molecule has 1 atom stereocenters. The number of hydrogen-bond donors (Lipinski definition) is 3. The van der Waals surface area contributed by atoms with Crippen LogP contribution in [-0.2, 0) is 13.0 Å². The molecule has 7 nitrogen and oxygen atoms in total. The van der Waals surface area contributed by atoms with E-state index in [1.165, 1.54) is 0 Å². The molecule has 2 amide bonds. The van der Waals surface area contributed by atoms with Crippen LogP contribution in [0.5, 0.6) is 0 Å². The Kier molecular flexibility index (Phi) is 5.28. The third-order valence-electron chi connectivity index (χ3n) is 2.85. The van der Waals surface area contributed by atoms with E-state index in [0.717, 1.165) is 5.56 Å². The molecule has 0 aliphatic rings. The average Bonchev–Trinajstić information content (AvgIpc) is 2.91. The SMILES string of the molecule is Cc1noc(CNC(=O)N[C@H](CO)Cc2ccccc2)n1. The maximum absolute atomic E-state index is 11.8. The third-order valence-corrected chi connectivity index (χ3v) is 2.85. The van der Waals surface area contributed by atoms with E-state index in [0.29, 0.717) is 18.1 Å². The Labute approximate surface area is 122 Å². The van der Waals surface area contributed by atoms with Gasteiger partial charge in [0.05, 0.1) is 19.2 Å². The number of urea groups is 1. The summed E-state index contributed by atoms with van der Waals surface area (Å²) >= 11 is 0. The Hall–Kier alpha value is -2.41. The van der Waals surface area contributed by atoms with E-state index < -0.39 is 0 Å². The maximum Gasteiger partial charge on any atom is 0.315 e. The number of hydrogen-bond acceptors (Lipinski definition) is 5. The Morgan fingerprint density at radius 2 is 2.14 bits per heavy atom. The minimum Gasteiger partial charge on any atom is -0.394 e. The fraction of sp³-hybridized carbons (Fsp3) is 0.357. The molecule has 0 saturated heterocycles. The summed E-state index contributed by atoms with van der Waals surface area (Å²) < 4.78 is 4.89. The number of nitrogens with one attached hydrogen (secondary N) is 2. The minimum absolute atomic E-state index is 0.137. The van der Waals surface area contributed by atoms with Crippen molar-refractivity contribution in [1.29, 1.82) is 0 Å². The molecule has 112 valence electrons. The van der Waals surface area contributed by atoms with Crippen LogP contribution in [0.2, 0.25) is 0 Å². The fourth-order valence-electron chi connectivity index (χ4n) is 1.86. The quantitative estimate of drug-likeness (QED) is 0.730. The monoisotopic (exact) mass is 290 g/mol. The van der Waals surface area contributed by atoms with Gasteiger partial charge >= 0.3 is 6.03 Å². The van der Waals surface area contributed by atoms with Crippen molar-refractivity contribution in [3.63, 3.8) is 0 Å². The summed E-state index contributed by atoms with van der Waals surface area (Å²) in [5.41, 5.74) is 1.05. The van der Waals surface area contributed by atoms with Gasteiger partial charge in [0, 0.05) is 0 Å². The number of aliphatic hydroxyl groups excluding tert-OH is 1. The molecule has 0 bridgehead atoms. The first kappa shape index (κ1) is 15.0. The van der Waals surface area contributed by atoms with Gasteiger partial charge in [0.25, 0.3) is 0 Å². The molecule has 21 heavy (non-hydrogen) atoms. The van der Waals surface area contributed by atoms with Crippen molar-refractivity contribution in [1.82, 2.24) is 20.8 Å². The second-order valence-corrected chi connectivity index (χ2v) is 4.63. The highest BCUT2D eigenvalue weighted by atomic mass is 16.5. The predicted octanol–water partition coefficient (Wildman–Crippen LogP) is 0.781. The van der Waals surface area contributed by atoms with E-state index in [-0.39, 0.29) is 25.2 Å². The number of aliphatic hydroxyl groups is 1. The van der Waals surface area contributed by atoms with Crippen LogP contribution in [0.4, 0.5) is 4.79 Å². The van der Waals surface area contributed by atoms with Gasteiger partial charge in [0.1, 0.15) is 0 Å². The summed E-state index contributed by atoms with van der Waals surface area (Å²) in [6, 6.07) is 8.91. The first-order valence-corrected chi connectivity index (χ1v) is 6.65. The van der Waals surface area contributed by atoms with Gasteiger partial charge in [-0.1, -0.05) is 35.5 Å². The molecule has 0 spiro atoms. The Bertz CT molecular complexity index is 571. The zero-order valence-electron chi connectivity index (χ0n) is 11.7. The van der Waals surface area contributed by atoms with Crippen LogP contribution in [0.3, 0.4) is 0 Å². The lowest BCUT2D eigenvalue weighted by molar-refractivity contribution is 0.214. The summed E-state index contributed by atoms with van der Waals surface area (Å²) in [5.74, 6) is 0.857. The van der Waals surface area contributed by atoms with Crippen molar-refractivity contribution < 1.29 is 14.4 Å². The molecule has 0 unspecified atom stereocenters. The molecule has 0 radical (unpaired) electrons. The maximum atomic E-state index is 11.8. The lowest BCUT2D eigenvalue weighted by atomic mass is 10.1. The molecule has 1 aromatic heterocycles. The van der Waals surface area contributed by atoms with Gasteiger partial charge in [0.2, 0.25) is 5.89 Å². The predicted molar refractivity (Wildman–Crippen MR) is 75.4 cm³/mol. The van der Waals surface area contributed by atoms with Gasteiger partial charge in [-0.25, -0.2) is 4.79 Å². The zero-order chi connectivity index (χ0) is 15.1. The average molecular weight is 290 g/mol. The topological polar surface area (TPSA) is 100 Å². The molecule has 3 N–H and O–H groups in total. The molecule has 7 heteroatoms. The Balaban J connectivity index is 1.79. The van der Waals surface area contributed by atoms with Crippen LogP contribution in [0.1, 0.15) is 17.3 Å². The molecule has 0 saturated carbocycles. The number of benzene rings is 1. The van der Waals surface area contributed by atoms with Crippen molar-refractivity contribution in [3.8, 4) is 0 Å². The lowest BCUT2D eigenvalue weighted by Gasteiger charge is -2.16.